The molecule has 0 radical (unpaired) electrons. The molecule has 134 valence electrons. The van der Waals surface area contributed by atoms with Crippen molar-refractivity contribution >= 4 is 26.6 Å². The first-order chi connectivity index (χ1) is 12.4. The van der Waals surface area contributed by atoms with Gasteiger partial charge < -0.3 is 9.30 Å². The van der Waals surface area contributed by atoms with E-state index in [0.717, 1.165) is 22.2 Å². The second kappa shape index (κ2) is 6.73. The van der Waals surface area contributed by atoms with Crippen molar-refractivity contribution in [2.45, 2.75) is 6.92 Å². The van der Waals surface area contributed by atoms with Gasteiger partial charge in [0.1, 0.15) is 11.8 Å². The Morgan fingerprint density at radius 3 is 2.65 bits per heavy atom. The van der Waals surface area contributed by atoms with Gasteiger partial charge in [0.25, 0.3) is 0 Å². The van der Waals surface area contributed by atoms with Crippen LogP contribution < -0.4 is 9.46 Å². The molecule has 0 bridgehead atoms. The van der Waals surface area contributed by atoms with Gasteiger partial charge in [-0.25, -0.2) is 8.42 Å². The summed E-state index contributed by atoms with van der Waals surface area (Å²) in [4.78, 5) is 0. The van der Waals surface area contributed by atoms with E-state index in [1.54, 1.807) is 32.2 Å². The van der Waals surface area contributed by atoms with Crippen molar-refractivity contribution in [3.8, 4) is 23.1 Å². The fourth-order valence-electron chi connectivity index (χ4n) is 2.98. The maximum atomic E-state index is 11.8. The Labute approximate surface area is 152 Å². The SMILES string of the molecule is CCS(=O)(=O)Nc1cccc(-c2c(C#N)c3cc(OC)ccc3n2C)c1. The lowest BCUT2D eigenvalue weighted by atomic mass is 10.1. The Hall–Kier alpha value is -2.98. The number of hydrogen-bond acceptors (Lipinski definition) is 4. The van der Waals surface area contributed by atoms with E-state index < -0.39 is 10.0 Å². The van der Waals surface area contributed by atoms with Crippen LogP contribution in [0.5, 0.6) is 5.75 Å². The lowest BCUT2D eigenvalue weighted by molar-refractivity contribution is 0.415. The molecule has 0 aliphatic rings. The number of hydrogen-bond donors (Lipinski definition) is 1. The third kappa shape index (κ3) is 3.11. The van der Waals surface area contributed by atoms with Crippen LogP contribution in [-0.4, -0.2) is 25.8 Å². The molecular weight excluding hydrogens is 350 g/mol. The van der Waals surface area contributed by atoms with Crippen molar-refractivity contribution in [2.75, 3.05) is 17.6 Å². The number of aryl methyl sites for hydroxylation is 1. The third-order valence-corrected chi connectivity index (χ3v) is 5.61. The minimum absolute atomic E-state index is 0.00545. The number of benzene rings is 2. The van der Waals surface area contributed by atoms with Gasteiger partial charge in [0.15, 0.2) is 0 Å². The summed E-state index contributed by atoms with van der Waals surface area (Å²) in [5.41, 5.74) is 3.38. The highest BCUT2D eigenvalue weighted by Crippen LogP contribution is 2.35. The Morgan fingerprint density at radius 1 is 1.23 bits per heavy atom. The van der Waals surface area contributed by atoms with Crippen LogP contribution in [0.25, 0.3) is 22.2 Å². The first kappa shape index (κ1) is 17.8. The van der Waals surface area contributed by atoms with Crippen LogP contribution in [0, 0.1) is 11.3 Å². The van der Waals surface area contributed by atoms with E-state index in [1.165, 1.54) is 0 Å². The van der Waals surface area contributed by atoms with Crippen molar-refractivity contribution in [3.05, 3.63) is 48.0 Å². The van der Waals surface area contributed by atoms with Crippen LogP contribution in [0.2, 0.25) is 0 Å². The Bertz CT molecular complexity index is 1120. The lowest BCUT2D eigenvalue weighted by Crippen LogP contribution is -2.14. The van der Waals surface area contributed by atoms with Crippen molar-refractivity contribution < 1.29 is 13.2 Å². The molecule has 1 heterocycles. The molecule has 3 rings (SSSR count). The van der Waals surface area contributed by atoms with Gasteiger partial charge in [0, 0.05) is 29.2 Å². The molecule has 2 aromatic carbocycles. The van der Waals surface area contributed by atoms with Crippen molar-refractivity contribution in [1.29, 1.82) is 5.26 Å². The molecule has 26 heavy (non-hydrogen) atoms. The average Bonchev–Trinajstić information content (AvgIpc) is 2.92. The molecule has 1 aromatic heterocycles. The van der Waals surface area contributed by atoms with Crippen LogP contribution in [0.4, 0.5) is 5.69 Å². The van der Waals surface area contributed by atoms with E-state index in [-0.39, 0.29) is 5.75 Å². The van der Waals surface area contributed by atoms with Gasteiger partial charge in [-0.05, 0) is 37.3 Å². The molecule has 7 heteroatoms. The minimum Gasteiger partial charge on any atom is -0.497 e. The van der Waals surface area contributed by atoms with Crippen LogP contribution in [0.1, 0.15) is 12.5 Å². The smallest absolute Gasteiger partial charge is 0.232 e. The largest absolute Gasteiger partial charge is 0.497 e. The highest BCUT2D eigenvalue weighted by Gasteiger charge is 2.18. The number of nitrogens with zero attached hydrogens (tertiary/aromatic N) is 2. The topological polar surface area (TPSA) is 84.1 Å². The number of methoxy groups -OCH3 is 1. The normalized spacial score (nSPS) is 11.3. The van der Waals surface area contributed by atoms with E-state index in [2.05, 4.69) is 10.8 Å². The highest BCUT2D eigenvalue weighted by molar-refractivity contribution is 7.92. The van der Waals surface area contributed by atoms with E-state index in [1.807, 2.05) is 35.9 Å². The monoisotopic (exact) mass is 369 g/mol. The highest BCUT2D eigenvalue weighted by atomic mass is 32.2. The summed E-state index contributed by atoms with van der Waals surface area (Å²) in [6, 6.07) is 14.9. The van der Waals surface area contributed by atoms with E-state index in [4.69, 9.17) is 4.74 Å². The molecular formula is C19H19N3O3S. The number of rotatable bonds is 5. The van der Waals surface area contributed by atoms with Crippen molar-refractivity contribution in [1.82, 2.24) is 4.57 Å². The van der Waals surface area contributed by atoms with E-state index in [9.17, 15) is 13.7 Å². The molecule has 6 nitrogen and oxygen atoms in total. The quantitative estimate of drug-likeness (QED) is 0.746. The van der Waals surface area contributed by atoms with Crippen LogP contribution in [0.15, 0.2) is 42.5 Å². The molecule has 0 aliphatic carbocycles. The first-order valence-electron chi connectivity index (χ1n) is 8.07. The zero-order valence-corrected chi connectivity index (χ0v) is 15.6. The van der Waals surface area contributed by atoms with Crippen LogP contribution >= 0.6 is 0 Å². The van der Waals surface area contributed by atoms with E-state index in [0.29, 0.717) is 17.0 Å². The van der Waals surface area contributed by atoms with Crippen LogP contribution in [-0.2, 0) is 17.1 Å². The summed E-state index contributed by atoms with van der Waals surface area (Å²) in [6.45, 7) is 1.58. The number of fused-ring (bicyclic) bond motifs is 1. The predicted molar refractivity (Wildman–Crippen MR) is 103 cm³/mol. The zero-order chi connectivity index (χ0) is 18.9. The zero-order valence-electron chi connectivity index (χ0n) is 14.8. The van der Waals surface area contributed by atoms with Gasteiger partial charge in [-0.2, -0.15) is 5.26 Å². The Kier molecular flexibility index (Phi) is 4.62. The number of nitrogens with one attached hydrogen (secondary N) is 1. The molecule has 0 aliphatic heterocycles. The summed E-state index contributed by atoms with van der Waals surface area (Å²) in [5.74, 6) is 0.671. The summed E-state index contributed by atoms with van der Waals surface area (Å²) in [7, 11) is 0.0972. The Balaban J connectivity index is 2.20. The second-order valence-corrected chi connectivity index (χ2v) is 7.87. The van der Waals surface area contributed by atoms with Gasteiger partial charge in [-0.1, -0.05) is 12.1 Å². The summed E-state index contributed by atoms with van der Waals surface area (Å²) >= 11 is 0. The number of nitriles is 1. The molecule has 0 saturated carbocycles. The number of ether oxygens (including phenoxy) is 1. The van der Waals surface area contributed by atoms with Gasteiger partial charge in [0.05, 0.1) is 24.1 Å². The molecule has 0 spiro atoms. The van der Waals surface area contributed by atoms with Gasteiger partial charge in [0.2, 0.25) is 10.0 Å². The second-order valence-electron chi connectivity index (χ2n) is 5.86. The number of sulfonamides is 1. The standard InChI is InChI=1S/C19H19N3O3S/c1-4-26(23,24)21-14-7-5-6-13(10-14)19-17(12-20)16-11-15(25-3)8-9-18(16)22(19)2/h5-11,21H,4H2,1-3H3. The number of anilines is 1. The van der Waals surface area contributed by atoms with Gasteiger partial charge in [-0.15, -0.1) is 0 Å². The summed E-state index contributed by atoms with van der Waals surface area (Å²) in [5, 5.41) is 10.5. The Morgan fingerprint density at radius 2 is 2.00 bits per heavy atom. The first-order valence-corrected chi connectivity index (χ1v) is 9.73. The molecule has 0 atom stereocenters. The number of aromatic nitrogens is 1. The maximum Gasteiger partial charge on any atom is 0.232 e. The lowest BCUT2D eigenvalue weighted by Gasteiger charge is -2.09. The molecule has 0 unspecified atom stereocenters. The maximum absolute atomic E-state index is 11.8. The predicted octanol–water partition coefficient (Wildman–Crippen LogP) is 3.49. The van der Waals surface area contributed by atoms with Crippen molar-refractivity contribution in [2.24, 2.45) is 7.05 Å². The fourth-order valence-corrected chi connectivity index (χ4v) is 3.61. The molecule has 3 aromatic rings. The third-order valence-electron chi connectivity index (χ3n) is 4.31. The van der Waals surface area contributed by atoms with Crippen LogP contribution in [0.3, 0.4) is 0 Å². The summed E-state index contributed by atoms with van der Waals surface area (Å²) < 4.78 is 33.4. The van der Waals surface area contributed by atoms with Crippen molar-refractivity contribution in [3.63, 3.8) is 0 Å². The fraction of sp³-hybridized carbons (Fsp3) is 0.211. The van der Waals surface area contributed by atoms with Gasteiger partial charge in [-0.3, -0.25) is 4.72 Å². The average molecular weight is 369 g/mol. The van der Waals surface area contributed by atoms with E-state index >= 15 is 0 Å². The molecule has 0 fully saturated rings. The molecule has 1 N–H and O–H groups in total. The molecule has 0 amide bonds. The molecule has 0 saturated heterocycles. The minimum atomic E-state index is -3.37. The van der Waals surface area contributed by atoms with Gasteiger partial charge >= 0.3 is 0 Å². The summed E-state index contributed by atoms with van der Waals surface area (Å²) in [6.07, 6.45) is 0.